The number of nitrogens with zero attached hydrogens (tertiary/aromatic N) is 4. The third-order valence-electron chi connectivity index (χ3n) is 4.06. The molecular formula is C20H15N5O5S. The molecule has 2 N–H and O–H groups in total. The third-order valence-corrected chi connectivity index (χ3v) is 4.60. The van der Waals surface area contributed by atoms with E-state index in [0.29, 0.717) is 0 Å². The van der Waals surface area contributed by atoms with Crippen molar-refractivity contribution in [2.75, 3.05) is 11.6 Å². The van der Waals surface area contributed by atoms with Gasteiger partial charge in [-0.25, -0.2) is 4.79 Å². The van der Waals surface area contributed by atoms with E-state index in [1.807, 2.05) is 30.3 Å². The smallest absolute Gasteiger partial charge is 0.373 e. The Hall–Kier alpha value is -4.17. The molecule has 10 nitrogen and oxygen atoms in total. The highest BCUT2D eigenvalue weighted by Crippen LogP contribution is 2.37. The van der Waals surface area contributed by atoms with E-state index >= 15 is 0 Å². The van der Waals surface area contributed by atoms with Crippen LogP contribution in [0.2, 0.25) is 0 Å². The van der Waals surface area contributed by atoms with Crippen LogP contribution in [0.5, 0.6) is 11.6 Å². The number of anilines is 1. The fraction of sp³-hybridized carbons (Fsp3) is 0.100. The van der Waals surface area contributed by atoms with Gasteiger partial charge in [-0.2, -0.15) is 15.2 Å². The van der Waals surface area contributed by atoms with Crippen LogP contribution in [0.15, 0.2) is 53.7 Å². The molecule has 0 bridgehead atoms. The summed E-state index contributed by atoms with van der Waals surface area (Å²) in [5.74, 6) is -1.72. The molecule has 31 heavy (non-hydrogen) atoms. The van der Waals surface area contributed by atoms with Crippen molar-refractivity contribution in [2.45, 2.75) is 11.7 Å². The number of nitro groups is 1. The van der Waals surface area contributed by atoms with Crippen LogP contribution >= 0.6 is 11.8 Å². The molecule has 0 radical (unpaired) electrons. The van der Waals surface area contributed by atoms with Gasteiger partial charge >= 0.3 is 17.5 Å². The molecular weight excluding hydrogens is 422 g/mol. The van der Waals surface area contributed by atoms with Crippen LogP contribution < -0.4 is 10.1 Å². The van der Waals surface area contributed by atoms with E-state index in [4.69, 9.17) is 10.00 Å². The van der Waals surface area contributed by atoms with E-state index in [-0.39, 0.29) is 40.3 Å². The molecule has 1 heterocycles. The number of ether oxygens (including phenoxy) is 1. The maximum atomic E-state index is 11.8. The molecule has 0 amide bonds. The molecule has 0 unspecified atom stereocenters. The standard InChI is InChI=1S/C20H15N5O5S/c1-31-20-23-17(22-11-12-5-3-2-4-6-12)16(25(28)29)18(24-20)30-14-8-7-13(10-21)15(9-14)19(26)27/h2-9H,11H2,1H3,(H,26,27)(H,22,23,24). The lowest BCUT2D eigenvalue weighted by atomic mass is 10.1. The Kier molecular flexibility index (Phi) is 6.64. The van der Waals surface area contributed by atoms with Crippen molar-refractivity contribution in [3.8, 4) is 17.7 Å². The summed E-state index contributed by atoms with van der Waals surface area (Å²) in [5.41, 5.74) is 0.0491. The Labute approximate surface area is 180 Å². The molecule has 0 atom stereocenters. The normalized spacial score (nSPS) is 10.2. The average Bonchev–Trinajstić information content (AvgIpc) is 2.77. The van der Waals surface area contributed by atoms with Gasteiger partial charge in [-0.1, -0.05) is 42.1 Å². The Morgan fingerprint density at radius 2 is 2.03 bits per heavy atom. The molecule has 0 saturated carbocycles. The van der Waals surface area contributed by atoms with Gasteiger partial charge in [0.2, 0.25) is 5.82 Å². The van der Waals surface area contributed by atoms with E-state index in [1.165, 1.54) is 12.1 Å². The highest BCUT2D eigenvalue weighted by Gasteiger charge is 2.27. The fourth-order valence-corrected chi connectivity index (χ4v) is 2.98. The number of aromatic carboxylic acids is 1. The number of rotatable bonds is 8. The van der Waals surface area contributed by atoms with Gasteiger partial charge in [0.05, 0.1) is 16.1 Å². The fourth-order valence-electron chi connectivity index (χ4n) is 2.62. The zero-order chi connectivity index (χ0) is 22.4. The predicted octanol–water partition coefficient (Wildman–Crippen LogP) is 4.08. The topological polar surface area (TPSA) is 151 Å². The quantitative estimate of drug-likeness (QED) is 0.228. The van der Waals surface area contributed by atoms with E-state index in [9.17, 15) is 20.0 Å². The third kappa shape index (κ3) is 5.06. The van der Waals surface area contributed by atoms with Crippen molar-refractivity contribution in [1.29, 1.82) is 5.26 Å². The number of hydrogen-bond donors (Lipinski definition) is 2. The van der Waals surface area contributed by atoms with Crippen molar-refractivity contribution in [2.24, 2.45) is 0 Å². The highest BCUT2D eigenvalue weighted by molar-refractivity contribution is 7.98. The number of thioether (sulfide) groups is 1. The first kappa shape index (κ1) is 21.5. The van der Waals surface area contributed by atoms with Crippen LogP contribution in [0.25, 0.3) is 0 Å². The van der Waals surface area contributed by atoms with E-state index in [0.717, 1.165) is 23.4 Å². The van der Waals surface area contributed by atoms with Crippen molar-refractivity contribution < 1.29 is 19.6 Å². The minimum absolute atomic E-state index is 0.0146. The van der Waals surface area contributed by atoms with Crippen LogP contribution in [-0.4, -0.2) is 32.2 Å². The van der Waals surface area contributed by atoms with Crippen LogP contribution in [0.1, 0.15) is 21.5 Å². The molecule has 11 heteroatoms. The summed E-state index contributed by atoms with van der Waals surface area (Å²) >= 11 is 1.16. The molecule has 0 aliphatic rings. The van der Waals surface area contributed by atoms with Gasteiger partial charge in [-0.15, -0.1) is 0 Å². The maximum Gasteiger partial charge on any atom is 0.373 e. The van der Waals surface area contributed by atoms with Gasteiger partial charge < -0.3 is 15.2 Å². The Bertz CT molecular complexity index is 1180. The van der Waals surface area contributed by atoms with Crippen molar-refractivity contribution in [3.05, 3.63) is 75.3 Å². The van der Waals surface area contributed by atoms with Crippen LogP contribution in [-0.2, 0) is 6.54 Å². The van der Waals surface area contributed by atoms with Gasteiger partial charge in [-0.3, -0.25) is 10.1 Å². The monoisotopic (exact) mass is 437 g/mol. The minimum Gasteiger partial charge on any atom is -0.478 e. The average molecular weight is 437 g/mol. The predicted molar refractivity (Wildman–Crippen MR) is 112 cm³/mol. The number of aromatic nitrogens is 2. The van der Waals surface area contributed by atoms with Crippen molar-refractivity contribution >= 4 is 29.2 Å². The summed E-state index contributed by atoms with van der Waals surface area (Å²) in [7, 11) is 0. The number of nitriles is 1. The first-order valence-corrected chi connectivity index (χ1v) is 9.99. The van der Waals surface area contributed by atoms with E-state index in [1.54, 1.807) is 12.3 Å². The van der Waals surface area contributed by atoms with Gasteiger partial charge in [-0.05, 0) is 30.0 Å². The minimum atomic E-state index is -1.32. The molecule has 0 aliphatic heterocycles. The summed E-state index contributed by atoms with van der Waals surface area (Å²) in [6.45, 7) is 0.284. The molecule has 0 spiro atoms. The summed E-state index contributed by atoms with van der Waals surface area (Å²) in [4.78, 5) is 30.8. The molecule has 2 aromatic carbocycles. The number of carboxylic acid groups (broad SMARTS) is 1. The van der Waals surface area contributed by atoms with Crippen LogP contribution in [0, 0.1) is 21.4 Å². The van der Waals surface area contributed by atoms with E-state index < -0.39 is 16.6 Å². The van der Waals surface area contributed by atoms with Gasteiger partial charge in [0.1, 0.15) is 11.8 Å². The van der Waals surface area contributed by atoms with Crippen molar-refractivity contribution in [3.63, 3.8) is 0 Å². The Morgan fingerprint density at radius 3 is 2.65 bits per heavy atom. The lowest BCUT2D eigenvalue weighted by molar-refractivity contribution is -0.385. The first-order valence-electron chi connectivity index (χ1n) is 8.76. The summed E-state index contributed by atoms with van der Waals surface area (Å²) in [6, 6.07) is 14.8. The number of nitrogens with one attached hydrogen (secondary N) is 1. The molecule has 3 rings (SSSR count). The van der Waals surface area contributed by atoms with Crippen LogP contribution in [0.4, 0.5) is 11.5 Å². The molecule has 3 aromatic rings. The number of hydrogen-bond acceptors (Lipinski definition) is 9. The summed E-state index contributed by atoms with van der Waals surface area (Å²) < 4.78 is 5.58. The second-order valence-corrected chi connectivity index (χ2v) is 6.81. The first-order chi connectivity index (χ1) is 14.9. The van der Waals surface area contributed by atoms with Gasteiger partial charge in [0.25, 0.3) is 0 Å². The second-order valence-electron chi connectivity index (χ2n) is 6.04. The van der Waals surface area contributed by atoms with E-state index in [2.05, 4.69) is 15.3 Å². The largest absolute Gasteiger partial charge is 0.478 e. The molecule has 0 fully saturated rings. The zero-order valence-corrected chi connectivity index (χ0v) is 16.9. The van der Waals surface area contributed by atoms with Gasteiger partial charge in [0, 0.05) is 6.54 Å². The number of benzene rings is 2. The SMILES string of the molecule is CSc1nc(NCc2ccccc2)c([N+](=O)[O-])c(Oc2ccc(C#N)c(C(=O)O)c2)n1. The molecule has 0 saturated heterocycles. The molecule has 0 aliphatic carbocycles. The Morgan fingerprint density at radius 1 is 1.29 bits per heavy atom. The lowest BCUT2D eigenvalue weighted by Gasteiger charge is -2.12. The lowest BCUT2D eigenvalue weighted by Crippen LogP contribution is -2.08. The maximum absolute atomic E-state index is 11.8. The molecule has 1 aromatic heterocycles. The number of carbonyl (C=O) groups is 1. The van der Waals surface area contributed by atoms with Crippen molar-refractivity contribution in [1.82, 2.24) is 9.97 Å². The number of carboxylic acids is 1. The molecule has 156 valence electrons. The van der Waals surface area contributed by atoms with Gasteiger partial charge in [0.15, 0.2) is 5.16 Å². The second kappa shape index (κ2) is 9.55. The summed E-state index contributed by atoms with van der Waals surface area (Å²) in [6.07, 6.45) is 1.70. The van der Waals surface area contributed by atoms with Crippen LogP contribution in [0.3, 0.4) is 0 Å². The zero-order valence-electron chi connectivity index (χ0n) is 16.1. The summed E-state index contributed by atoms with van der Waals surface area (Å²) in [5, 5.41) is 33.3. The highest BCUT2D eigenvalue weighted by atomic mass is 32.2. The Balaban J connectivity index is 2.01.